The summed E-state index contributed by atoms with van der Waals surface area (Å²) in [5.41, 5.74) is 5.20. The van der Waals surface area contributed by atoms with E-state index in [2.05, 4.69) is 10.3 Å². The predicted octanol–water partition coefficient (Wildman–Crippen LogP) is 5.48. The number of halogens is 3. The lowest BCUT2D eigenvalue weighted by Gasteiger charge is -2.22. The number of rotatable bonds is 6. The quantitative estimate of drug-likeness (QED) is 0.448. The summed E-state index contributed by atoms with van der Waals surface area (Å²) in [4.78, 5) is 29.0. The number of nitrogens with zero attached hydrogens (tertiary/aromatic N) is 1. The highest BCUT2D eigenvalue weighted by Gasteiger charge is 2.31. The minimum atomic E-state index is -4.51. The van der Waals surface area contributed by atoms with Gasteiger partial charge in [-0.2, -0.15) is 13.2 Å². The van der Waals surface area contributed by atoms with E-state index in [0.29, 0.717) is 15.4 Å². The topological polar surface area (TPSA) is 94.3 Å². The van der Waals surface area contributed by atoms with Gasteiger partial charge in [-0.3, -0.25) is 4.79 Å². The fourth-order valence-electron chi connectivity index (χ4n) is 3.71. The fraction of sp³-hybridized carbons (Fsp3) is 0.250. The van der Waals surface area contributed by atoms with Crippen LogP contribution in [-0.2, 0) is 6.18 Å². The number of ketones is 1. The molecule has 4 rings (SSSR count). The SMILES string of the molecule is NC(=O)Oc1ccc(-c2nc(C(=O)[CH]C3CCCCN3)c(-c3cccc(C(F)(F)F)c3)s2)cc1. The number of hydrogen-bond acceptors (Lipinski definition) is 6. The smallest absolute Gasteiger partial charge is 0.411 e. The first-order valence-electron chi connectivity index (χ1n) is 10.6. The third kappa shape index (κ3) is 5.63. The van der Waals surface area contributed by atoms with Crippen LogP contribution in [0.3, 0.4) is 0 Å². The van der Waals surface area contributed by atoms with Gasteiger partial charge in [0, 0.05) is 11.6 Å². The summed E-state index contributed by atoms with van der Waals surface area (Å²) in [6.45, 7) is 0.803. The molecule has 1 radical (unpaired) electrons. The molecule has 2 aromatic carbocycles. The number of aromatic nitrogens is 1. The minimum Gasteiger partial charge on any atom is -0.411 e. The van der Waals surface area contributed by atoms with E-state index in [1.807, 2.05) is 0 Å². The van der Waals surface area contributed by atoms with Crippen LogP contribution in [0.25, 0.3) is 21.0 Å². The molecular formula is C24H21F3N3O3S. The van der Waals surface area contributed by atoms with E-state index in [-0.39, 0.29) is 28.8 Å². The van der Waals surface area contributed by atoms with Crippen molar-refractivity contribution in [2.24, 2.45) is 5.73 Å². The summed E-state index contributed by atoms with van der Waals surface area (Å²) in [6.07, 6.45) is -1.08. The van der Waals surface area contributed by atoms with E-state index in [9.17, 15) is 22.8 Å². The Bertz CT molecular complexity index is 1190. The van der Waals surface area contributed by atoms with E-state index in [0.717, 1.165) is 49.3 Å². The molecule has 1 aliphatic rings. The molecule has 1 aromatic heterocycles. The maximum absolute atomic E-state index is 13.3. The molecule has 2 heterocycles. The molecule has 1 atom stereocenters. The lowest BCUT2D eigenvalue weighted by molar-refractivity contribution is -0.137. The highest BCUT2D eigenvalue weighted by molar-refractivity contribution is 7.18. The van der Waals surface area contributed by atoms with Crippen molar-refractivity contribution in [2.45, 2.75) is 31.5 Å². The number of thiazole rings is 1. The van der Waals surface area contributed by atoms with Crippen LogP contribution in [0.4, 0.5) is 18.0 Å². The Hall–Kier alpha value is -3.24. The highest BCUT2D eigenvalue weighted by atomic mass is 32.1. The molecule has 0 spiro atoms. The minimum absolute atomic E-state index is 0.101. The molecule has 1 amide bonds. The molecule has 1 aliphatic heterocycles. The molecule has 0 aliphatic carbocycles. The zero-order chi connectivity index (χ0) is 24.3. The van der Waals surface area contributed by atoms with E-state index in [1.165, 1.54) is 24.3 Å². The number of carbonyl (C=O) groups is 2. The second-order valence-corrected chi connectivity index (χ2v) is 8.81. The molecule has 1 saturated heterocycles. The number of piperidine rings is 1. The Kier molecular flexibility index (Phi) is 6.99. The number of amides is 1. The first-order chi connectivity index (χ1) is 16.2. The third-order valence-corrected chi connectivity index (χ3v) is 6.49. The molecule has 1 unspecified atom stereocenters. The van der Waals surface area contributed by atoms with Gasteiger partial charge in [0.25, 0.3) is 0 Å². The molecular weight excluding hydrogens is 467 g/mol. The van der Waals surface area contributed by atoms with Gasteiger partial charge in [0.2, 0.25) is 0 Å². The fourth-order valence-corrected chi connectivity index (χ4v) is 4.78. The summed E-state index contributed by atoms with van der Waals surface area (Å²) >= 11 is 1.12. The Morgan fingerprint density at radius 2 is 1.88 bits per heavy atom. The number of Topliss-reactive ketones (excluding diaryl/α,β-unsaturated/α-hetero) is 1. The molecule has 177 valence electrons. The van der Waals surface area contributed by atoms with Gasteiger partial charge in [0.05, 0.1) is 16.9 Å². The van der Waals surface area contributed by atoms with Crippen LogP contribution in [0.15, 0.2) is 48.5 Å². The first kappa shape index (κ1) is 23.9. The van der Waals surface area contributed by atoms with Crippen LogP contribution in [0, 0.1) is 6.42 Å². The molecule has 10 heteroatoms. The van der Waals surface area contributed by atoms with Gasteiger partial charge >= 0.3 is 12.3 Å². The van der Waals surface area contributed by atoms with Gasteiger partial charge in [-0.25, -0.2) is 9.78 Å². The van der Waals surface area contributed by atoms with E-state index in [4.69, 9.17) is 10.5 Å². The molecule has 1 fully saturated rings. The van der Waals surface area contributed by atoms with Gasteiger partial charge in [-0.05, 0) is 61.3 Å². The van der Waals surface area contributed by atoms with Crippen LogP contribution in [0.2, 0.25) is 0 Å². The third-order valence-electron chi connectivity index (χ3n) is 5.33. The van der Waals surface area contributed by atoms with Crippen LogP contribution in [0.1, 0.15) is 35.3 Å². The number of hydrogen-bond donors (Lipinski definition) is 2. The lowest BCUT2D eigenvalue weighted by atomic mass is 9.97. The average molecular weight is 489 g/mol. The molecule has 6 nitrogen and oxygen atoms in total. The van der Waals surface area contributed by atoms with Crippen molar-refractivity contribution in [3.8, 4) is 26.8 Å². The zero-order valence-electron chi connectivity index (χ0n) is 17.9. The van der Waals surface area contributed by atoms with E-state index in [1.54, 1.807) is 18.6 Å². The van der Waals surface area contributed by atoms with E-state index < -0.39 is 17.8 Å². The lowest BCUT2D eigenvalue weighted by Crippen LogP contribution is -2.36. The van der Waals surface area contributed by atoms with Crippen molar-refractivity contribution >= 4 is 23.2 Å². The first-order valence-corrected chi connectivity index (χ1v) is 11.4. The van der Waals surface area contributed by atoms with Crippen LogP contribution >= 0.6 is 11.3 Å². The number of ether oxygens (including phenoxy) is 1. The summed E-state index contributed by atoms with van der Waals surface area (Å²) in [6, 6.07) is 11.1. The van der Waals surface area contributed by atoms with Gasteiger partial charge in [-0.15, -0.1) is 11.3 Å². The number of primary amides is 1. The van der Waals surface area contributed by atoms with Crippen LogP contribution in [0.5, 0.6) is 5.75 Å². The molecule has 0 saturated carbocycles. The van der Waals surface area contributed by atoms with Crippen molar-refractivity contribution in [3.05, 3.63) is 66.2 Å². The average Bonchev–Trinajstić information content (AvgIpc) is 3.25. The molecule has 0 bridgehead atoms. The van der Waals surface area contributed by atoms with Crippen molar-refractivity contribution in [3.63, 3.8) is 0 Å². The second-order valence-electron chi connectivity index (χ2n) is 7.81. The Labute approximate surface area is 198 Å². The van der Waals surface area contributed by atoms with Gasteiger partial charge in [0.15, 0.2) is 5.78 Å². The Morgan fingerprint density at radius 3 is 2.53 bits per heavy atom. The Morgan fingerprint density at radius 1 is 1.12 bits per heavy atom. The summed E-state index contributed by atoms with van der Waals surface area (Å²) in [5, 5.41) is 3.72. The van der Waals surface area contributed by atoms with Crippen molar-refractivity contribution in [2.75, 3.05) is 6.54 Å². The molecule has 3 N–H and O–H groups in total. The number of nitrogens with two attached hydrogens (primary N) is 1. The highest BCUT2D eigenvalue weighted by Crippen LogP contribution is 2.39. The second kappa shape index (κ2) is 9.94. The predicted molar refractivity (Wildman–Crippen MR) is 122 cm³/mol. The number of carbonyl (C=O) groups excluding carboxylic acids is 2. The monoisotopic (exact) mass is 488 g/mol. The standard InChI is InChI=1S/C24H21F3N3O3S/c25-24(26,27)16-5-3-4-15(12-16)21-20(19(31)13-17-6-1-2-11-29-17)30-22(34-21)14-7-9-18(10-8-14)33-23(28)32/h3-5,7-10,12-13,17,29H,1-2,6,11H2,(H2,28,32). The maximum atomic E-state index is 13.3. The Balaban J connectivity index is 1.72. The van der Waals surface area contributed by atoms with Gasteiger partial charge in [0.1, 0.15) is 16.5 Å². The van der Waals surface area contributed by atoms with Gasteiger partial charge < -0.3 is 15.8 Å². The van der Waals surface area contributed by atoms with Crippen LogP contribution < -0.4 is 15.8 Å². The van der Waals surface area contributed by atoms with Crippen molar-refractivity contribution in [1.29, 1.82) is 0 Å². The zero-order valence-corrected chi connectivity index (χ0v) is 18.7. The number of benzene rings is 2. The summed E-state index contributed by atoms with van der Waals surface area (Å²) in [5.74, 6) is -0.109. The van der Waals surface area contributed by atoms with Crippen LogP contribution in [-0.4, -0.2) is 29.4 Å². The van der Waals surface area contributed by atoms with Crippen molar-refractivity contribution in [1.82, 2.24) is 10.3 Å². The summed E-state index contributed by atoms with van der Waals surface area (Å²) < 4.78 is 44.8. The number of alkyl halides is 3. The van der Waals surface area contributed by atoms with Crippen molar-refractivity contribution < 1.29 is 27.5 Å². The molecule has 3 aromatic rings. The van der Waals surface area contributed by atoms with E-state index >= 15 is 0 Å². The largest absolute Gasteiger partial charge is 0.416 e. The summed E-state index contributed by atoms with van der Waals surface area (Å²) in [7, 11) is 0. The number of nitrogens with one attached hydrogen (secondary N) is 1. The normalized spacial score (nSPS) is 16.3. The van der Waals surface area contributed by atoms with Gasteiger partial charge in [-0.1, -0.05) is 18.6 Å². The molecule has 34 heavy (non-hydrogen) atoms. The maximum Gasteiger partial charge on any atom is 0.416 e.